The smallest absolute Gasteiger partial charge is 0.0677 e. The number of aliphatic hydroxyl groups is 1. The number of benzene rings is 1. The van der Waals surface area contributed by atoms with Gasteiger partial charge in [-0.15, -0.1) is 0 Å². The van der Waals surface area contributed by atoms with Crippen LogP contribution in [0.5, 0.6) is 0 Å². The van der Waals surface area contributed by atoms with Gasteiger partial charge in [0, 0.05) is 18.2 Å². The highest BCUT2D eigenvalue weighted by molar-refractivity contribution is 5.61. The van der Waals surface area contributed by atoms with Gasteiger partial charge in [0.1, 0.15) is 0 Å². The van der Waals surface area contributed by atoms with Gasteiger partial charge in [0.05, 0.1) is 5.60 Å². The second-order valence-electron chi connectivity index (χ2n) is 4.62. The SMILES string of the molecule is Cc1cccc2c1C(C(C)(C)O)CN2. The van der Waals surface area contributed by atoms with Gasteiger partial charge in [-0.05, 0) is 38.0 Å². The highest BCUT2D eigenvalue weighted by atomic mass is 16.3. The van der Waals surface area contributed by atoms with Crippen LogP contribution in [0.15, 0.2) is 18.2 Å². The molecule has 1 aromatic rings. The molecular weight excluding hydrogens is 174 g/mol. The average molecular weight is 191 g/mol. The average Bonchev–Trinajstić information content (AvgIpc) is 2.47. The lowest BCUT2D eigenvalue weighted by molar-refractivity contribution is 0.0560. The van der Waals surface area contributed by atoms with Crippen LogP contribution in [0.1, 0.15) is 30.9 Å². The van der Waals surface area contributed by atoms with Gasteiger partial charge in [0.25, 0.3) is 0 Å². The summed E-state index contributed by atoms with van der Waals surface area (Å²) in [6.07, 6.45) is 0. The van der Waals surface area contributed by atoms with Crippen molar-refractivity contribution in [1.29, 1.82) is 0 Å². The van der Waals surface area contributed by atoms with Crippen molar-refractivity contribution < 1.29 is 5.11 Å². The molecule has 0 fully saturated rings. The molecule has 2 heteroatoms. The van der Waals surface area contributed by atoms with E-state index >= 15 is 0 Å². The summed E-state index contributed by atoms with van der Waals surface area (Å²) in [4.78, 5) is 0. The molecule has 1 heterocycles. The van der Waals surface area contributed by atoms with E-state index in [9.17, 15) is 5.11 Å². The summed E-state index contributed by atoms with van der Waals surface area (Å²) < 4.78 is 0. The molecule has 1 atom stereocenters. The van der Waals surface area contributed by atoms with E-state index in [1.807, 2.05) is 19.9 Å². The molecule has 0 aromatic heterocycles. The Kier molecular flexibility index (Phi) is 2.04. The molecule has 0 bridgehead atoms. The number of hydrogen-bond acceptors (Lipinski definition) is 2. The van der Waals surface area contributed by atoms with Crippen LogP contribution in [-0.4, -0.2) is 17.3 Å². The molecule has 1 unspecified atom stereocenters. The second-order valence-corrected chi connectivity index (χ2v) is 4.62. The van der Waals surface area contributed by atoms with Crippen LogP contribution >= 0.6 is 0 Å². The number of fused-ring (bicyclic) bond motifs is 1. The topological polar surface area (TPSA) is 32.3 Å². The minimum atomic E-state index is -0.648. The Morgan fingerprint density at radius 2 is 2.14 bits per heavy atom. The number of nitrogens with one attached hydrogen (secondary N) is 1. The van der Waals surface area contributed by atoms with Crippen molar-refractivity contribution in [2.45, 2.75) is 32.3 Å². The number of rotatable bonds is 1. The van der Waals surface area contributed by atoms with Gasteiger partial charge in [-0.1, -0.05) is 12.1 Å². The van der Waals surface area contributed by atoms with Crippen LogP contribution in [0.25, 0.3) is 0 Å². The predicted molar refractivity (Wildman–Crippen MR) is 58.7 cm³/mol. The van der Waals surface area contributed by atoms with E-state index in [0.29, 0.717) is 0 Å². The molecule has 14 heavy (non-hydrogen) atoms. The largest absolute Gasteiger partial charge is 0.390 e. The first-order valence-corrected chi connectivity index (χ1v) is 5.06. The van der Waals surface area contributed by atoms with Crippen molar-refractivity contribution in [2.75, 3.05) is 11.9 Å². The molecule has 0 aliphatic carbocycles. The monoisotopic (exact) mass is 191 g/mol. The first kappa shape index (κ1) is 9.53. The molecule has 1 aliphatic rings. The molecular formula is C12H17NO. The zero-order valence-corrected chi connectivity index (χ0v) is 8.96. The van der Waals surface area contributed by atoms with Crippen molar-refractivity contribution in [3.05, 3.63) is 29.3 Å². The molecule has 2 rings (SSSR count). The highest BCUT2D eigenvalue weighted by Crippen LogP contribution is 2.39. The first-order valence-electron chi connectivity index (χ1n) is 5.06. The number of hydrogen-bond donors (Lipinski definition) is 2. The Morgan fingerprint density at radius 1 is 1.43 bits per heavy atom. The van der Waals surface area contributed by atoms with E-state index in [2.05, 4.69) is 24.4 Å². The fraction of sp³-hybridized carbons (Fsp3) is 0.500. The minimum absolute atomic E-state index is 0.207. The summed E-state index contributed by atoms with van der Waals surface area (Å²) in [5, 5.41) is 13.4. The van der Waals surface area contributed by atoms with Gasteiger partial charge < -0.3 is 10.4 Å². The molecule has 1 aliphatic heterocycles. The van der Waals surface area contributed by atoms with Crippen LogP contribution < -0.4 is 5.32 Å². The van der Waals surface area contributed by atoms with Crippen LogP contribution in [0.2, 0.25) is 0 Å². The molecule has 0 spiro atoms. The van der Waals surface area contributed by atoms with Crippen LogP contribution in [0, 0.1) is 6.92 Å². The van der Waals surface area contributed by atoms with Gasteiger partial charge in [0.15, 0.2) is 0 Å². The fourth-order valence-corrected chi connectivity index (χ4v) is 2.21. The third kappa shape index (κ3) is 1.40. The van der Waals surface area contributed by atoms with E-state index in [1.54, 1.807) is 0 Å². The summed E-state index contributed by atoms with van der Waals surface area (Å²) in [5.41, 5.74) is 3.07. The first-order chi connectivity index (χ1) is 6.50. The van der Waals surface area contributed by atoms with E-state index in [4.69, 9.17) is 0 Å². The number of aryl methyl sites for hydroxylation is 1. The Labute approximate surface area is 85.0 Å². The molecule has 0 radical (unpaired) electrons. The third-order valence-corrected chi connectivity index (χ3v) is 3.02. The lowest BCUT2D eigenvalue weighted by Crippen LogP contribution is -2.30. The van der Waals surface area contributed by atoms with Gasteiger partial charge in [-0.25, -0.2) is 0 Å². The van der Waals surface area contributed by atoms with E-state index < -0.39 is 5.60 Å². The zero-order valence-electron chi connectivity index (χ0n) is 8.96. The quantitative estimate of drug-likeness (QED) is 0.713. The fourth-order valence-electron chi connectivity index (χ4n) is 2.21. The standard InChI is InChI=1S/C12H17NO/c1-8-5-4-6-10-11(8)9(7-13-10)12(2,3)14/h4-6,9,13-14H,7H2,1-3H3. The van der Waals surface area contributed by atoms with Gasteiger partial charge in [-0.3, -0.25) is 0 Å². The van der Waals surface area contributed by atoms with Crippen molar-refractivity contribution >= 4 is 5.69 Å². The van der Waals surface area contributed by atoms with Gasteiger partial charge in [0.2, 0.25) is 0 Å². The summed E-state index contributed by atoms with van der Waals surface area (Å²) >= 11 is 0. The Balaban J connectivity index is 2.48. The zero-order chi connectivity index (χ0) is 10.3. The van der Waals surface area contributed by atoms with Crippen LogP contribution in [0.3, 0.4) is 0 Å². The molecule has 1 aromatic carbocycles. The van der Waals surface area contributed by atoms with E-state index in [-0.39, 0.29) is 5.92 Å². The maximum atomic E-state index is 10.0. The van der Waals surface area contributed by atoms with Crippen molar-refractivity contribution in [3.8, 4) is 0 Å². The molecule has 0 amide bonds. The van der Waals surface area contributed by atoms with Crippen LogP contribution in [-0.2, 0) is 0 Å². The summed E-state index contributed by atoms with van der Waals surface area (Å²) in [7, 11) is 0. The maximum Gasteiger partial charge on any atom is 0.0677 e. The lowest BCUT2D eigenvalue weighted by Gasteiger charge is -2.26. The maximum absolute atomic E-state index is 10.0. The van der Waals surface area contributed by atoms with Crippen molar-refractivity contribution in [2.24, 2.45) is 0 Å². The second kappa shape index (κ2) is 2.99. The summed E-state index contributed by atoms with van der Waals surface area (Å²) in [6, 6.07) is 6.23. The van der Waals surface area contributed by atoms with E-state index in [0.717, 1.165) is 6.54 Å². The molecule has 0 saturated carbocycles. The van der Waals surface area contributed by atoms with Gasteiger partial charge in [-0.2, -0.15) is 0 Å². The summed E-state index contributed by atoms with van der Waals surface area (Å²) in [6.45, 7) is 6.69. The normalized spacial score (nSPS) is 20.4. The Morgan fingerprint density at radius 3 is 2.79 bits per heavy atom. The van der Waals surface area contributed by atoms with Gasteiger partial charge >= 0.3 is 0 Å². The van der Waals surface area contributed by atoms with Crippen LogP contribution in [0.4, 0.5) is 5.69 Å². The van der Waals surface area contributed by atoms with E-state index in [1.165, 1.54) is 16.8 Å². The summed E-state index contributed by atoms with van der Waals surface area (Å²) in [5.74, 6) is 0.207. The molecule has 0 saturated heterocycles. The Bertz CT molecular complexity index is 352. The number of anilines is 1. The molecule has 2 N–H and O–H groups in total. The highest BCUT2D eigenvalue weighted by Gasteiger charge is 2.34. The third-order valence-electron chi connectivity index (χ3n) is 3.02. The molecule has 76 valence electrons. The van der Waals surface area contributed by atoms with Crippen molar-refractivity contribution in [3.63, 3.8) is 0 Å². The predicted octanol–water partition coefficient (Wildman–Crippen LogP) is 2.28. The van der Waals surface area contributed by atoms with Crippen molar-refractivity contribution in [1.82, 2.24) is 0 Å². The Hall–Kier alpha value is -1.02. The minimum Gasteiger partial charge on any atom is -0.390 e. The molecule has 2 nitrogen and oxygen atoms in total. The lowest BCUT2D eigenvalue weighted by atomic mass is 9.84.